The quantitative estimate of drug-likeness (QED) is 0.682. The highest BCUT2D eigenvalue weighted by atomic mass is 16.4. The van der Waals surface area contributed by atoms with Crippen molar-refractivity contribution in [3.05, 3.63) is 35.4 Å². The van der Waals surface area contributed by atoms with Crippen molar-refractivity contribution in [3.63, 3.8) is 0 Å². The zero-order valence-electron chi connectivity index (χ0n) is 9.27. The van der Waals surface area contributed by atoms with Crippen LogP contribution in [0.15, 0.2) is 24.3 Å². The van der Waals surface area contributed by atoms with E-state index < -0.39 is 5.97 Å². The topological polar surface area (TPSA) is 78.4 Å². The van der Waals surface area contributed by atoms with Crippen LogP contribution in [0.4, 0.5) is 0 Å². The molecule has 1 aromatic rings. The number of rotatable bonds is 3. The van der Waals surface area contributed by atoms with E-state index in [0.717, 1.165) is 5.56 Å². The number of carbonyl (C=O) groups excluding carboxylic acids is 1. The molecule has 1 heterocycles. The molecule has 1 aliphatic heterocycles. The minimum Gasteiger partial charge on any atom is -0.480 e. The number of carboxylic acids is 1. The van der Waals surface area contributed by atoms with Gasteiger partial charge in [-0.1, -0.05) is 24.3 Å². The summed E-state index contributed by atoms with van der Waals surface area (Å²) in [6, 6.07) is 7.58. The van der Waals surface area contributed by atoms with E-state index in [1.807, 2.05) is 24.3 Å². The molecule has 0 saturated carbocycles. The van der Waals surface area contributed by atoms with Crippen molar-refractivity contribution >= 4 is 11.9 Å². The second kappa shape index (κ2) is 4.97. The van der Waals surface area contributed by atoms with E-state index in [9.17, 15) is 9.59 Å². The SMILES string of the molecule is O=C(O)CNC(=O)C1Cc2ccccc2CN1. The Bertz CT molecular complexity index is 445. The van der Waals surface area contributed by atoms with Crippen LogP contribution in [0.1, 0.15) is 11.1 Å². The van der Waals surface area contributed by atoms with Gasteiger partial charge in [-0.2, -0.15) is 0 Å². The van der Waals surface area contributed by atoms with Crippen molar-refractivity contribution in [1.29, 1.82) is 0 Å². The first-order chi connectivity index (χ1) is 8.16. The van der Waals surface area contributed by atoms with Gasteiger partial charge in [0, 0.05) is 6.54 Å². The van der Waals surface area contributed by atoms with Gasteiger partial charge in [-0.3, -0.25) is 9.59 Å². The van der Waals surface area contributed by atoms with Crippen LogP contribution in [0.5, 0.6) is 0 Å². The highest BCUT2D eigenvalue weighted by molar-refractivity contribution is 5.85. The molecule has 0 aliphatic carbocycles. The third-order valence-electron chi connectivity index (χ3n) is 2.81. The number of amides is 1. The zero-order valence-corrected chi connectivity index (χ0v) is 9.27. The lowest BCUT2D eigenvalue weighted by atomic mass is 9.95. The molecule has 5 nitrogen and oxygen atoms in total. The summed E-state index contributed by atoms with van der Waals surface area (Å²) >= 11 is 0. The molecule has 0 radical (unpaired) electrons. The lowest BCUT2D eigenvalue weighted by Gasteiger charge is -2.25. The van der Waals surface area contributed by atoms with Gasteiger partial charge in [0.15, 0.2) is 0 Å². The second-order valence-electron chi connectivity index (χ2n) is 4.02. The molecule has 0 aromatic heterocycles. The number of fused-ring (bicyclic) bond motifs is 1. The molecule has 90 valence electrons. The molecular weight excluding hydrogens is 220 g/mol. The summed E-state index contributed by atoms with van der Waals surface area (Å²) in [7, 11) is 0. The second-order valence-corrected chi connectivity index (χ2v) is 4.02. The number of aliphatic carboxylic acids is 1. The van der Waals surface area contributed by atoms with Crippen LogP contribution < -0.4 is 10.6 Å². The van der Waals surface area contributed by atoms with Gasteiger partial charge in [0.2, 0.25) is 5.91 Å². The van der Waals surface area contributed by atoms with Gasteiger partial charge in [-0.05, 0) is 17.5 Å². The Balaban J connectivity index is 1.97. The fourth-order valence-electron chi connectivity index (χ4n) is 1.93. The van der Waals surface area contributed by atoms with Crippen LogP contribution in [-0.2, 0) is 22.6 Å². The third-order valence-corrected chi connectivity index (χ3v) is 2.81. The smallest absolute Gasteiger partial charge is 0.322 e. The standard InChI is InChI=1S/C12H14N2O3/c15-11(16)7-14-12(17)10-5-8-3-1-2-4-9(8)6-13-10/h1-4,10,13H,5-7H2,(H,14,17)(H,15,16). The number of hydrogen-bond acceptors (Lipinski definition) is 3. The molecule has 1 aromatic carbocycles. The van der Waals surface area contributed by atoms with E-state index in [0.29, 0.717) is 13.0 Å². The normalized spacial score (nSPS) is 18.2. The van der Waals surface area contributed by atoms with Crippen LogP contribution >= 0.6 is 0 Å². The minimum absolute atomic E-state index is 0.262. The summed E-state index contributed by atoms with van der Waals surface area (Å²) in [6.07, 6.45) is 0.599. The molecule has 17 heavy (non-hydrogen) atoms. The van der Waals surface area contributed by atoms with Gasteiger partial charge < -0.3 is 15.7 Å². The Kier molecular flexibility index (Phi) is 3.39. The molecule has 1 unspecified atom stereocenters. The highest BCUT2D eigenvalue weighted by Gasteiger charge is 2.23. The number of benzene rings is 1. The van der Waals surface area contributed by atoms with Crippen LogP contribution in [0.2, 0.25) is 0 Å². The molecule has 0 saturated heterocycles. The van der Waals surface area contributed by atoms with Crippen LogP contribution in [0.25, 0.3) is 0 Å². The van der Waals surface area contributed by atoms with Gasteiger partial charge in [-0.15, -0.1) is 0 Å². The molecule has 0 fully saturated rings. The Morgan fingerprint density at radius 3 is 2.76 bits per heavy atom. The maximum atomic E-state index is 11.7. The molecule has 2 rings (SSSR count). The zero-order chi connectivity index (χ0) is 12.3. The molecule has 1 aliphatic rings. The first kappa shape index (κ1) is 11.6. The van der Waals surface area contributed by atoms with Gasteiger partial charge in [0.25, 0.3) is 0 Å². The monoisotopic (exact) mass is 234 g/mol. The third kappa shape index (κ3) is 2.82. The van der Waals surface area contributed by atoms with Gasteiger partial charge in [0.1, 0.15) is 6.54 Å². The summed E-state index contributed by atoms with van der Waals surface area (Å²) in [6.45, 7) is 0.306. The first-order valence-electron chi connectivity index (χ1n) is 5.46. The minimum atomic E-state index is -1.03. The molecule has 1 amide bonds. The number of nitrogens with one attached hydrogen (secondary N) is 2. The predicted octanol–water partition coefficient (Wildman–Crippen LogP) is -0.0983. The van der Waals surface area contributed by atoms with E-state index >= 15 is 0 Å². The van der Waals surface area contributed by atoms with Crippen molar-refractivity contribution in [3.8, 4) is 0 Å². The van der Waals surface area contributed by atoms with Crippen molar-refractivity contribution in [2.75, 3.05) is 6.54 Å². The molecule has 5 heteroatoms. The Morgan fingerprint density at radius 1 is 1.35 bits per heavy atom. The van der Waals surface area contributed by atoms with Crippen molar-refractivity contribution in [2.45, 2.75) is 19.0 Å². The summed E-state index contributed by atoms with van der Waals surface area (Å²) in [5.74, 6) is -1.29. The summed E-state index contributed by atoms with van der Waals surface area (Å²) in [5.41, 5.74) is 2.33. The lowest BCUT2D eigenvalue weighted by molar-refractivity contribution is -0.138. The number of hydrogen-bond donors (Lipinski definition) is 3. The summed E-state index contributed by atoms with van der Waals surface area (Å²) < 4.78 is 0. The Hall–Kier alpha value is -1.88. The fraction of sp³-hybridized carbons (Fsp3) is 0.333. The van der Waals surface area contributed by atoms with E-state index in [2.05, 4.69) is 10.6 Å². The molecule has 1 atom stereocenters. The van der Waals surface area contributed by atoms with Crippen molar-refractivity contribution in [1.82, 2.24) is 10.6 Å². The molecule has 0 bridgehead atoms. The first-order valence-corrected chi connectivity index (χ1v) is 5.46. The average molecular weight is 234 g/mol. The number of carbonyl (C=O) groups is 2. The maximum Gasteiger partial charge on any atom is 0.322 e. The lowest BCUT2D eigenvalue weighted by Crippen LogP contribution is -2.48. The van der Waals surface area contributed by atoms with Crippen LogP contribution in [-0.4, -0.2) is 29.6 Å². The van der Waals surface area contributed by atoms with E-state index in [-0.39, 0.29) is 18.5 Å². The van der Waals surface area contributed by atoms with Gasteiger partial charge >= 0.3 is 5.97 Å². The van der Waals surface area contributed by atoms with E-state index in [1.165, 1.54) is 5.56 Å². The maximum absolute atomic E-state index is 11.7. The molecule has 3 N–H and O–H groups in total. The molecule has 0 spiro atoms. The molecular formula is C12H14N2O3. The van der Waals surface area contributed by atoms with Gasteiger partial charge in [-0.25, -0.2) is 0 Å². The van der Waals surface area contributed by atoms with Crippen molar-refractivity contribution < 1.29 is 14.7 Å². The fourth-order valence-corrected chi connectivity index (χ4v) is 1.93. The van der Waals surface area contributed by atoms with Crippen LogP contribution in [0.3, 0.4) is 0 Å². The summed E-state index contributed by atoms with van der Waals surface area (Å²) in [4.78, 5) is 22.0. The predicted molar refractivity (Wildman–Crippen MR) is 61.4 cm³/mol. The average Bonchev–Trinajstić information content (AvgIpc) is 2.35. The van der Waals surface area contributed by atoms with E-state index in [4.69, 9.17) is 5.11 Å². The number of carboxylic acid groups (broad SMARTS) is 1. The van der Waals surface area contributed by atoms with Crippen LogP contribution in [0, 0.1) is 0 Å². The summed E-state index contributed by atoms with van der Waals surface area (Å²) in [5, 5.41) is 14.0. The Labute approximate surface area is 98.8 Å². The highest BCUT2D eigenvalue weighted by Crippen LogP contribution is 2.16. The van der Waals surface area contributed by atoms with Crippen molar-refractivity contribution in [2.24, 2.45) is 0 Å². The largest absolute Gasteiger partial charge is 0.480 e. The van der Waals surface area contributed by atoms with E-state index in [1.54, 1.807) is 0 Å². The van der Waals surface area contributed by atoms with Gasteiger partial charge in [0.05, 0.1) is 6.04 Å². The Morgan fingerprint density at radius 2 is 2.06 bits per heavy atom.